The van der Waals surface area contributed by atoms with Crippen LogP contribution in [0, 0.1) is 0 Å². The summed E-state index contributed by atoms with van der Waals surface area (Å²) in [7, 11) is 1.71. The largest absolute Gasteiger partial charge is 0.382 e. The maximum absolute atomic E-state index is 11.8. The van der Waals surface area contributed by atoms with E-state index in [1.54, 1.807) is 7.05 Å². The molecule has 0 aliphatic heterocycles. The highest BCUT2D eigenvalue weighted by Crippen LogP contribution is 2.24. The van der Waals surface area contributed by atoms with Crippen molar-refractivity contribution in [2.24, 2.45) is 5.73 Å². The molecule has 1 heterocycles. The number of carbonyl (C=O) groups excluding carboxylic acids is 2. The zero-order valence-corrected chi connectivity index (χ0v) is 11.0. The number of hydrogen-bond acceptors (Lipinski definition) is 6. The fraction of sp³-hybridized carbons (Fsp3) is 0.500. The van der Waals surface area contributed by atoms with Gasteiger partial charge >= 0.3 is 0 Å². The quantitative estimate of drug-likeness (QED) is 0.526. The lowest BCUT2D eigenvalue weighted by molar-refractivity contribution is -0.118. The van der Waals surface area contributed by atoms with Crippen LogP contribution in [0.5, 0.6) is 0 Å². The number of nitrogen functional groups attached to an aromatic ring is 1. The van der Waals surface area contributed by atoms with Crippen molar-refractivity contribution in [1.29, 1.82) is 0 Å². The Balaban J connectivity index is 2.36. The Morgan fingerprint density at radius 3 is 2.67 bits per heavy atom. The van der Waals surface area contributed by atoms with Crippen molar-refractivity contribution in [2.75, 3.05) is 24.6 Å². The molecule has 0 radical (unpaired) electrons. The SMILES string of the molecule is CNc1nc(N)c(C(=O)NCCCCC(N)=O)s1. The van der Waals surface area contributed by atoms with Gasteiger partial charge in [-0.2, -0.15) is 0 Å². The van der Waals surface area contributed by atoms with Gasteiger partial charge in [0.15, 0.2) is 5.13 Å². The number of carbonyl (C=O) groups is 2. The Kier molecular flexibility index (Phi) is 5.37. The molecule has 0 fully saturated rings. The third-order valence-electron chi connectivity index (χ3n) is 2.21. The van der Waals surface area contributed by atoms with E-state index < -0.39 is 0 Å². The number of thiazole rings is 1. The minimum absolute atomic E-state index is 0.221. The van der Waals surface area contributed by atoms with Gasteiger partial charge in [0, 0.05) is 20.0 Å². The first-order chi connectivity index (χ1) is 8.54. The number of primary amides is 1. The number of anilines is 2. The van der Waals surface area contributed by atoms with E-state index in [4.69, 9.17) is 11.5 Å². The molecule has 0 aliphatic carbocycles. The van der Waals surface area contributed by atoms with Gasteiger partial charge in [0.1, 0.15) is 10.7 Å². The molecule has 1 aromatic rings. The highest BCUT2D eigenvalue weighted by atomic mass is 32.1. The first-order valence-corrected chi connectivity index (χ1v) is 6.36. The normalized spacial score (nSPS) is 10.1. The van der Waals surface area contributed by atoms with Crippen molar-refractivity contribution in [1.82, 2.24) is 10.3 Å². The summed E-state index contributed by atoms with van der Waals surface area (Å²) >= 11 is 1.20. The number of rotatable bonds is 7. The molecule has 0 saturated carbocycles. The fourth-order valence-electron chi connectivity index (χ4n) is 1.31. The van der Waals surface area contributed by atoms with E-state index >= 15 is 0 Å². The smallest absolute Gasteiger partial charge is 0.265 e. The van der Waals surface area contributed by atoms with Gasteiger partial charge < -0.3 is 22.1 Å². The van der Waals surface area contributed by atoms with Crippen LogP contribution in [-0.2, 0) is 4.79 Å². The second-order valence-electron chi connectivity index (χ2n) is 3.66. The molecular weight excluding hydrogens is 254 g/mol. The molecule has 0 aliphatic rings. The van der Waals surface area contributed by atoms with Gasteiger partial charge in [-0.1, -0.05) is 11.3 Å². The summed E-state index contributed by atoms with van der Waals surface area (Å²) in [5, 5.41) is 6.15. The molecule has 8 heteroatoms. The topological polar surface area (TPSA) is 123 Å². The standard InChI is InChI=1S/C10H17N5O2S/c1-13-10-15-8(12)7(18-10)9(17)14-5-3-2-4-6(11)16/h2-5,12H2,1H3,(H2,11,16)(H,13,15)(H,14,17). The van der Waals surface area contributed by atoms with E-state index in [9.17, 15) is 9.59 Å². The molecule has 7 nitrogen and oxygen atoms in total. The minimum Gasteiger partial charge on any atom is -0.382 e. The number of nitrogens with zero attached hydrogens (tertiary/aromatic N) is 1. The van der Waals surface area contributed by atoms with Crippen LogP contribution in [-0.4, -0.2) is 30.4 Å². The zero-order chi connectivity index (χ0) is 13.5. The maximum Gasteiger partial charge on any atom is 0.265 e. The molecule has 0 aromatic carbocycles. The maximum atomic E-state index is 11.8. The highest BCUT2D eigenvalue weighted by Gasteiger charge is 2.14. The summed E-state index contributed by atoms with van der Waals surface area (Å²) < 4.78 is 0. The predicted octanol–water partition coefficient (Wildman–Crippen LogP) is 0.152. The number of nitrogens with two attached hydrogens (primary N) is 2. The van der Waals surface area contributed by atoms with Crippen molar-refractivity contribution in [3.8, 4) is 0 Å². The van der Waals surface area contributed by atoms with E-state index in [1.807, 2.05) is 0 Å². The highest BCUT2D eigenvalue weighted by molar-refractivity contribution is 7.18. The molecule has 0 unspecified atom stereocenters. The number of amides is 2. The van der Waals surface area contributed by atoms with E-state index in [-0.39, 0.29) is 17.6 Å². The second kappa shape index (κ2) is 6.80. The van der Waals surface area contributed by atoms with E-state index in [2.05, 4.69) is 15.6 Å². The molecule has 0 bridgehead atoms. The van der Waals surface area contributed by atoms with Crippen LogP contribution in [0.3, 0.4) is 0 Å². The Morgan fingerprint density at radius 2 is 2.11 bits per heavy atom. The average Bonchev–Trinajstić information content (AvgIpc) is 2.69. The summed E-state index contributed by atoms with van der Waals surface area (Å²) in [4.78, 5) is 26.6. The van der Waals surface area contributed by atoms with E-state index in [1.165, 1.54) is 11.3 Å². The second-order valence-corrected chi connectivity index (χ2v) is 4.66. The van der Waals surface area contributed by atoms with Crippen LogP contribution in [0.15, 0.2) is 0 Å². The van der Waals surface area contributed by atoms with Gasteiger partial charge in [-0.05, 0) is 12.8 Å². The monoisotopic (exact) mass is 271 g/mol. The van der Waals surface area contributed by atoms with Crippen LogP contribution in [0.1, 0.15) is 28.9 Å². The zero-order valence-electron chi connectivity index (χ0n) is 10.2. The molecule has 18 heavy (non-hydrogen) atoms. The molecule has 0 atom stereocenters. The summed E-state index contributed by atoms with van der Waals surface area (Å²) in [6.07, 6.45) is 1.70. The van der Waals surface area contributed by atoms with Crippen molar-refractivity contribution in [2.45, 2.75) is 19.3 Å². The number of unbranched alkanes of at least 4 members (excludes halogenated alkanes) is 1. The van der Waals surface area contributed by atoms with Gasteiger partial charge in [0.05, 0.1) is 0 Å². The number of nitrogens with one attached hydrogen (secondary N) is 2. The fourth-order valence-corrected chi connectivity index (χ4v) is 2.06. The first-order valence-electron chi connectivity index (χ1n) is 5.55. The van der Waals surface area contributed by atoms with Gasteiger partial charge in [0.25, 0.3) is 5.91 Å². The molecular formula is C10H17N5O2S. The Morgan fingerprint density at radius 1 is 1.39 bits per heavy atom. The number of aromatic nitrogens is 1. The molecule has 1 rings (SSSR count). The summed E-state index contributed by atoms with van der Waals surface area (Å²) in [5.74, 6) is -0.351. The average molecular weight is 271 g/mol. The van der Waals surface area contributed by atoms with Gasteiger partial charge in [0.2, 0.25) is 5.91 Å². The van der Waals surface area contributed by atoms with Crippen LogP contribution in [0.25, 0.3) is 0 Å². The summed E-state index contributed by atoms with van der Waals surface area (Å²) in [6, 6.07) is 0. The molecule has 0 spiro atoms. The van der Waals surface area contributed by atoms with Gasteiger partial charge in [-0.15, -0.1) is 0 Å². The van der Waals surface area contributed by atoms with Crippen molar-refractivity contribution >= 4 is 34.1 Å². The van der Waals surface area contributed by atoms with Crippen LogP contribution < -0.4 is 22.1 Å². The lowest BCUT2D eigenvalue weighted by Crippen LogP contribution is -2.24. The number of hydrogen-bond donors (Lipinski definition) is 4. The predicted molar refractivity (Wildman–Crippen MR) is 71.5 cm³/mol. The summed E-state index contributed by atoms with van der Waals surface area (Å²) in [5.41, 5.74) is 10.6. The Hall–Kier alpha value is -1.83. The Bertz CT molecular complexity index is 432. The molecule has 100 valence electrons. The van der Waals surface area contributed by atoms with Gasteiger partial charge in [-0.25, -0.2) is 4.98 Å². The van der Waals surface area contributed by atoms with E-state index in [0.717, 1.165) is 0 Å². The molecule has 1 aromatic heterocycles. The molecule has 2 amide bonds. The molecule has 6 N–H and O–H groups in total. The van der Waals surface area contributed by atoms with Crippen molar-refractivity contribution < 1.29 is 9.59 Å². The van der Waals surface area contributed by atoms with Crippen molar-refractivity contribution in [3.05, 3.63) is 4.88 Å². The van der Waals surface area contributed by atoms with Crippen LogP contribution in [0.4, 0.5) is 10.9 Å². The minimum atomic E-state index is -0.327. The van der Waals surface area contributed by atoms with Crippen LogP contribution in [0.2, 0.25) is 0 Å². The lowest BCUT2D eigenvalue weighted by Gasteiger charge is -2.02. The van der Waals surface area contributed by atoms with Gasteiger partial charge in [-0.3, -0.25) is 9.59 Å². The third-order valence-corrected chi connectivity index (χ3v) is 3.30. The first kappa shape index (κ1) is 14.2. The molecule has 0 saturated heterocycles. The lowest BCUT2D eigenvalue weighted by atomic mass is 10.2. The van der Waals surface area contributed by atoms with Crippen molar-refractivity contribution in [3.63, 3.8) is 0 Å². The third kappa shape index (κ3) is 4.21. The Labute approximate surface area is 109 Å². The summed E-state index contributed by atoms with van der Waals surface area (Å²) in [6.45, 7) is 0.484. The van der Waals surface area contributed by atoms with E-state index in [0.29, 0.717) is 35.8 Å². The van der Waals surface area contributed by atoms with Crippen LogP contribution >= 0.6 is 11.3 Å².